The second-order valence-electron chi connectivity index (χ2n) is 13.9. The van der Waals surface area contributed by atoms with Gasteiger partial charge in [-0.2, -0.15) is 0 Å². The summed E-state index contributed by atoms with van der Waals surface area (Å²) in [5.41, 5.74) is 2.75. The summed E-state index contributed by atoms with van der Waals surface area (Å²) in [6, 6.07) is 0. The number of esters is 1. The average Bonchev–Trinajstić information content (AvgIpc) is 3.13. The second-order valence-corrected chi connectivity index (χ2v) is 13.9. The number of fused-ring (bicyclic) bond motifs is 5. The maximum Gasteiger partial charge on any atom is 0.302 e. The largest absolute Gasteiger partial charge is 0.462 e. The molecular formula is C32H54O2. The Bertz CT molecular complexity index is 767. The summed E-state index contributed by atoms with van der Waals surface area (Å²) in [5.74, 6) is 6.04. The Morgan fingerprint density at radius 3 is 2.35 bits per heavy atom. The van der Waals surface area contributed by atoms with Crippen LogP contribution in [0.5, 0.6) is 0 Å². The molecule has 0 saturated heterocycles. The molecule has 4 aliphatic carbocycles. The maximum atomic E-state index is 11.7. The molecule has 2 nitrogen and oxygen atoms in total. The van der Waals surface area contributed by atoms with E-state index >= 15 is 0 Å². The van der Waals surface area contributed by atoms with Crippen molar-refractivity contribution in [1.82, 2.24) is 0 Å². The highest BCUT2D eigenvalue weighted by atomic mass is 16.5. The molecule has 0 amide bonds. The lowest BCUT2D eigenvalue weighted by molar-refractivity contribution is -0.158. The molecule has 0 bridgehead atoms. The van der Waals surface area contributed by atoms with Crippen LogP contribution in [0.3, 0.4) is 0 Å². The monoisotopic (exact) mass is 470 g/mol. The molecule has 0 aromatic rings. The summed E-state index contributed by atoms with van der Waals surface area (Å²) in [6.07, 6.45) is 16.1. The van der Waals surface area contributed by atoms with Crippen LogP contribution in [0.1, 0.15) is 120 Å². The summed E-state index contributed by atoms with van der Waals surface area (Å²) in [7, 11) is 0. The Morgan fingerprint density at radius 2 is 1.71 bits per heavy atom. The number of carbonyl (C=O) groups excluding carboxylic acids is 1. The van der Waals surface area contributed by atoms with E-state index in [0.29, 0.717) is 22.7 Å². The molecule has 194 valence electrons. The fraction of sp³-hybridized carbons (Fsp3) is 0.906. The van der Waals surface area contributed by atoms with Crippen molar-refractivity contribution in [2.45, 2.75) is 126 Å². The number of rotatable bonds is 7. The van der Waals surface area contributed by atoms with Crippen molar-refractivity contribution in [2.75, 3.05) is 0 Å². The summed E-state index contributed by atoms with van der Waals surface area (Å²) < 4.78 is 5.76. The van der Waals surface area contributed by atoms with Gasteiger partial charge in [-0.25, -0.2) is 0 Å². The molecule has 0 unspecified atom stereocenters. The lowest BCUT2D eigenvalue weighted by atomic mass is 9.46. The predicted molar refractivity (Wildman–Crippen MR) is 142 cm³/mol. The van der Waals surface area contributed by atoms with Crippen molar-refractivity contribution in [3.05, 3.63) is 11.6 Å². The predicted octanol–water partition coefficient (Wildman–Crippen LogP) is 8.84. The van der Waals surface area contributed by atoms with Crippen molar-refractivity contribution in [3.63, 3.8) is 0 Å². The molecule has 10 atom stereocenters. The topological polar surface area (TPSA) is 26.3 Å². The Labute approximate surface area is 211 Å². The third-order valence-electron chi connectivity index (χ3n) is 12.1. The molecule has 0 radical (unpaired) electrons. The summed E-state index contributed by atoms with van der Waals surface area (Å²) >= 11 is 0. The second kappa shape index (κ2) is 9.93. The van der Waals surface area contributed by atoms with E-state index in [2.05, 4.69) is 54.5 Å². The van der Waals surface area contributed by atoms with Crippen LogP contribution < -0.4 is 0 Å². The Morgan fingerprint density at radius 1 is 1.03 bits per heavy atom. The molecule has 3 fully saturated rings. The molecule has 34 heavy (non-hydrogen) atoms. The number of carbonyl (C=O) groups is 1. The van der Waals surface area contributed by atoms with Crippen LogP contribution in [0, 0.1) is 58.2 Å². The van der Waals surface area contributed by atoms with Gasteiger partial charge in [-0.3, -0.25) is 4.79 Å². The minimum absolute atomic E-state index is 0.106. The van der Waals surface area contributed by atoms with Crippen molar-refractivity contribution in [2.24, 2.45) is 58.2 Å². The summed E-state index contributed by atoms with van der Waals surface area (Å²) in [6.45, 7) is 19.0. The average molecular weight is 471 g/mol. The van der Waals surface area contributed by atoms with Gasteiger partial charge in [0.25, 0.3) is 0 Å². The Kier molecular flexibility index (Phi) is 7.67. The van der Waals surface area contributed by atoms with E-state index < -0.39 is 0 Å². The molecule has 0 spiro atoms. The third kappa shape index (κ3) is 4.43. The van der Waals surface area contributed by atoms with E-state index in [1.54, 1.807) is 6.92 Å². The van der Waals surface area contributed by atoms with Crippen molar-refractivity contribution in [1.29, 1.82) is 0 Å². The fourth-order valence-electron chi connectivity index (χ4n) is 9.97. The SMILES string of the molecule is CC[C@H](CC[C@@H](C)[C@H]1CC[C@H]2C3=CC[C@H]4[C@H](C)[C@@H](OC(C)=O)CC[C@@]4(C)[C@@H]3CC[C@@]12C)C(C)C. The van der Waals surface area contributed by atoms with Gasteiger partial charge in [0, 0.05) is 6.92 Å². The standard InChI is InChI=1S/C32H54O2/c1-9-24(20(2)3)11-10-21(4)26-14-15-28-25-12-13-27-22(5)30(34-23(6)33)17-19-32(27,8)29(25)16-18-31(26,28)7/h12,20-22,24,26-30H,9-11,13-19H2,1-8H3/t21-,22+,24-,26-,27+,28+,29-,30+,31+,32-/m1/s1. The zero-order valence-electron chi connectivity index (χ0n) is 23.7. The van der Waals surface area contributed by atoms with E-state index in [9.17, 15) is 4.79 Å². The minimum Gasteiger partial charge on any atom is -0.462 e. The van der Waals surface area contributed by atoms with Gasteiger partial charge in [0.2, 0.25) is 0 Å². The van der Waals surface area contributed by atoms with Gasteiger partial charge in [0.05, 0.1) is 0 Å². The van der Waals surface area contributed by atoms with E-state index in [-0.39, 0.29) is 12.1 Å². The van der Waals surface area contributed by atoms with Crippen LogP contribution >= 0.6 is 0 Å². The zero-order valence-corrected chi connectivity index (χ0v) is 23.7. The molecule has 0 aromatic carbocycles. The van der Waals surface area contributed by atoms with Crippen molar-refractivity contribution in [3.8, 4) is 0 Å². The smallest absolute Gasteiger partial charge is 0.302 e. The summed E-state index contributed by atoms with van der Waals surface area (Å²) in [5, 5.41) is 0. The van der Waals surface area contributed by atoms with E-state index in [1.807, 2.05) is 5.57 Å². The van der Waals surface area contributed by atoms with Crippen LogP contribution in [0.4, 0.5) is 0 Å². The highest BCUT2D eigenvalue weighted by Crippen LogP contribution is 2.67. The molecule has 0 aromatic heterocycles. The van der Waals surface area contributed by atoms with Crippen LogP contribution in [0.2, 0.25) is 0 Å². The van der Waals surface area contributed by atoms with E-state index in [4.69, 9.17) is 4.74 Å². The van der Waals surface area contributed by atoms with Gasteiger partial charge in [0.15, 0.2) is 0 Å². The van der Waals surface area contributed by atoms with Gasteiger partial charge in [-0.05, 0) is 110 Å². The number of hydrogen-bond donors (Lipinski definition) is 0. The Hall–Kier alpha value is -0.790. The normalized spacial score (nSPS) is 43.4. The van der Waals surface area contributed by atoms with Crippen LogP contribution in [0.15, 0.2) is 11.6 Å². The molecule has 4 aliphatic rings. The highest BCUT2D eigenvalue weighted by molar-refractivity contribution is 5.66. The van der Waals surface area contributed by atoms with Crippen LogP contribution in [-0.4, -0.2) is 12.1 Å². The maximum absolute atomic E-state index is 11.7. The first-order chi connectivity index (χ1) is 16.0. The van der Waals surface area contributed by atoms with E-state index in [0.717, 1.165) is 41.9 Å². The van der Waals surface area contributed by atoms with Gasteiger partial charge >= 0.3 is 5.97 Å². The van der Waals surface area contributed by atoms with Gasteiger partial charge in [0.1, 0.15) is 6.10 Å². The molecule has 0 heterocycles. The highest BCUT2D eigenvalue weighted by Gasteiger charge is 2.59. The van der Waals surface area contributed by atoms with Crippen LogP contribution in [-0.2, 0) is 9.53 Å². The number of allylic oxidation sites excluding steroid dienone is 2. The third-order valence-corrected chi connectivity index (χ3v) is 12.1. The molecule has 0 aliphatic heterocycles. The molecule has 0 N–H and O–H groups in total. The quantitative estimate of drug-likeness (QED) is 0.274. The van der Waals surface area contributed by atoms with Crippen LogP contribution in [0.25, 0.3) is 0 Å². The van der Waals surface area contributed by atoms with E-state index in [1.165, 1.54) is 57.8 Å². The van der Waals surface area contributed by atoms with Crippen molar-refractivity contribution >= 4 is 5.97 Å². The first-order valence-electron chi connectivity index (χ1n) is 14.9. The molecule has 4 rings (SSSR count). The van der Waals surface area contributed by atoms with Gasteiger partial charge in [-0.1, -0.05) is 73.0 Å². The zero-order chi connectivity index (χ0) is 24.8. The lowest BCUT2D eigenvalue weighted by Crippen LogP contribution is -2.53. The fourth-order valence-corrected chi connectivity index (χ4v) is 9.97. The van der Waals surface area contributed by atoms with Gasteiger partial charge < -0.3 is 4.74 Å². The number of ether oxygens (including phenoxy) is 1. The molecule has 2 heteroatoms. The molecular weight excluding hydrogens is 416 g/mol. The minimum atomic E-state index is -0.106. The first kappa shape index (κ1) is 26.3. The first-order valence-corrected chi connectivity index (χ1v) is 14.9. The summed E-state index contributed by atoms with van der Waals surface area (Å²) in [4.78, 5) is 11.7. The van der Waals surface area contributed by atoms with Crippen molar-refractivity contribution < 1.29 is 9.53 Å². The Balaban J connectivity index is 1.49. The number of hydrogen-bond acceptors (Lipinski definition) is 2. The lowest BCUT2D eigenvalue weighted by Gasteiger charge is -2.59. The van der Waals surface area contributed by atoms with Gasteiger partial charge in [-0.15, -0.1) is 0 Å². The molecule has 3 saturated carbocycles.